The molecule has 0 fully saturated rings. The number of allylic oxidation sites excluding steroid dienone is 1. The Balaban J connectivity index is 1.60. The van der Waals surface area contributed by atoms with Gasteiger partial charge in [-0.15, -0.1) is 16.8 Å². The van der Waals surface area contributed by atoms with E-state index in [4.69, 9.17) is 11.6 Å². The largest absolute Gasteiger partial charge is 0.345 e. The van der Waals surface area contributed by atoms with Crippen LogP contribution in [0.5, 0.6) is 0 Å². The highest BCUT2D eigenvalue weighted by Crippen LogP contribution is 2.20. The SMILES string of the molecule is C=CCn1c(CNC(=O)c2ccccc2Cl)nnc1SCC(=O)Nc1ccc([N+](=O)[O-])cc1. The van der Waals surface area contributed by atoms with Crippen LogP contribution >= 0.6 is 23.4 Å². The van der Waals surface area contributed by atoms with Crippen LogP contribution in [-0.4, -0.2) is 37.3 Å². The Morgan fingerprint density at radius 2 is 1.91 bits per heavy atom. The lowest BCUT2D eigenvalue weighted by molar-refractivity contribution is -0.384. The standard InChI is InChI=1S/C21H19ClN6O4S/c1-2-11-27-18(12-23-20(30)16-5-3-4-6-17(16)22)25-26-21(27)33-13-19(29)24-14-7-9-15(10-8-14)28(31)32/h2-10H,1,11-13H2,(H,23,30)(H,24,29). The molecule has 10 nitrogen and oxygen atoms in total. The summed E-state index contributed by atoms with van der Waals surface area (Å²) in [7, 11) is 0. The van der Waals surface area contributed by atoms with Crippen LogP contribution in [0.25, 0.3) is 0 Å². The summed E-state index contributed by atoms with van der Waals surface area (Å²) in [5.41, 5.74) is 0.738. The average molecular weight is 487 g/mol. The number of rotatable bonds is 10. The number of non-ortho nitro benzene ring substituents is 1. The fraction of sp³-hybridized carbons (Fsp3) is 0.143. The number of aromatic nitrogens is 3. The van der Waals surface area contributed by atoms with Gasteiger partial charge in [-0.2, -0.15) is 0 Å². The fourth-order valence-electron chi connectivity index (χ4n) is 2.76. The van der Waals surface area contributed by atoms with E-state index in [1.54, 1.807) is 34.9 Å². The molecule has 0 unspecified atom stereocenters. The van der Waals surface area contributed by atoms with Crippen LogP contribution in [-0.2, 0) is 17.9 Å². The maximum Gasteiger partial charge on any atom is 0.269 e. The van der Waals surface area contributed by atoms with E-state index in [0.29, 0.717) is 33.8 Å². The summed E-state index contributed by atoms with van der Waals surface area (Å²) in [4.78, 5) is 34.9. The lowest BCUT2D eigenvalue weighted by Crippen LogP contribution is -2.25. The summed E-state index contributed by atoms with van der Waals surface area (Å²) in [5.74, 6) is -0.118. The molecule has 0 radical (unpaired) electrons. The molecule has 3 rings (SSSR count). The van der Waals surface area contributed by atoms with Crippen molar-refractivity contribution < 1.29 is 14.5 Å². The van der Waals surface area contributed by atoms with Crippen LogP contribution in [0.2, 0.25) is 5.02 Å². The maximum absolute atomic E-state index is 12.4. The number of anilines is 1. The van der Waals surface area contributed by atoms with E-state index in [2.05, 4.69) is 27.4 Å². The van der Waals surface area contributed by atoms with Crippen LogP contribution in [0, 0.1) is 10.1 Å². The maximum atomic E-state index is 12.4. The van der Waals surface area contributed by atoms with Gasteiger partial charge in [-0.1, -0.05) is 41.6 Å². The molecule has 3 aromatic rings. The molecule has 0 atom stereocenters. The molecule has 2 aromatic carbocycles. The Kier molecular flexibility index (Phi) is 8.17. The number of halogens is 1. The molecule has 33 heavy (non-hydrogen) atoms. The van der Waals surface area contributed by atoms with E-state index < -0.39 is 4.92 Å². The number of hydrogen-bond donors (Lipinski definition) is 2. The van der Waals surface area contributed by atoms with Gasteiger partial charge >= 0.3 is 0 Å². The number of carbonyl (C=O) groups is 2. The molecule has 0 aliphatic rings. The minimum absolute atomic E-state index is 0.0399. The Labute approximate surface area is 198 Å². The summed E-state index contributed by atoms with van der Waals surface area (Å²) < 4.78 is 1.74. The number of carbonyl (C=O) groups excluding carboxylic acids is 2. The van der Waals surface area contributed by atoms with E-state index >= 15 is 0 Å². The van der Waals surface area contributed by atoms with Gasteiger partial charge < -0.3 is 15.2 Å². The minimum Gasteiger partial charge on any atom is -0.345 e. The van der Waals surface area contributed by atoms with Gasteiger partial charge in [0.15, 0.2) is 11.0 Å². The number of nitrogens with zero attached hydrogens (tertiary/aromatic N) is 4. The second-order valence-electron chi connectivity index (χ2n) is 6.60. The molecular weight excluding hydrogens is 468 g/mol. The van der Waals surface area contributed by atoms with Gasteiger partial charge in [0.2, 0.25) is 5.91 Å². The average Bonchev–Trinajstić information content (AvgIpc) is 3.18. The highest BCUT2D eigenvalue weighted by atomic mass is 35.5. The molecule has 12 heteroatoms. The zero-order valence-corrected chi connectivity index (χ0v) is 18.8. The van der Waals surface area contributed by atoms with Crippen LogP contribution in [0.4, 0.5) is 11.4 Å². The van der Waals surface area contributed by atoms with Gasteiger partial charge in [0.1, 0.15) is 0 Å². The van der Waals surface area contributed by atoms with E-state index in [0.717, 1.165) is 11.8 Å². The van der Waals surface area contributed by atoms with E-state index in [-0.39, 0.29) is 29.8 Å². The van der Waals surface area contributed by atoms with Gasteiger partial charge in [0.25, 0.3) is 11.6 Å². The molecule has 1 aromatic heterocycles. The Hall–Kier alpha value is -3.70. The molecule has 1 heterocycles. The van der Waals surface area contributed by atoms with Crippen molar-refractivity contribution in [1.29, 1.82) is 0 Å². The molecule has 0 bridgehead atoms. The molecule has 2 amide bonds. The van der Waals surface area contributed by atoms with Crippen molar-refractivity contribution in [1.82, 2.24) is 20.1 Å². The molecule has 170 valence electrons. The number of thioether (sulfide) groups is 1. The van der Waals surface area contributed by atoms with Crippen molar-refractivity contribution in [2.24, 2.45) is 0 Å². The van der Waals surface area contributed by atoms with Crippen molar-refractivity contribution in [3.8, 4) is 0 Å². The third-order valence-electron chi connectivity index (χ3n) is 4.32. The predicted molar refractivity (Wildman–Crippen MR) is 125 cm³/mol. The lowest BCUT2D eigenvalue weighted by Gasteiger charge is -2.09. The van der Waals surface area contributed by atoms with Gasteiger partial charge in [-0.3, -0.25) is 19.7 Å². The van der Waals surface area contributed by atoms with Crippen molar-refractivity contribution in [3.05, 3.63) is 87.7 Å². The molecular formula is C21H19ClN6O4S. The van der Waals surface area contributed by atoms with Crippen LogP contribution < -0.4 is 10.6 Å². The first kappa shape index (κ1) is 24.0. The van der Waals surface area contributed by atoms with E-state index in [1.165, 1.54) is 24.3 Å². The number of nitrogens with one attached hydrogen (secondary N) is 2. The number of amides is 2. The molecule has 0 spiro atoms. The molecule has 0 saturated heterocycles. The predicted octanol–water partition coefficient (Wildman–Crippen LogP) is 3.69. The second kappa shape index (κ2) is 11.2. The quantitative estimate of drug-likeness (QED) is 0.193. The molecule has 2 N–H and O–H groups in total. The van der Waals surface area contributed by atoms with Crippen molar-refractivity contribution in [2.75, 3.05) is 11.1 Å². The second-order valence-corrected chi connectivity index (χ2v) is 7.95. The molecule has 0 aliphatic carbocycles. The van der Waals surface area contributed by atoms with Gasteiger partial charge in [-0.05, 0) is 24.3 Å². The third kappa shape index (κ3) is 6.40. The Bertz CT molecular complexity index is 1180. The molecule has 0 aliphatic heterocycles. The van der Waals surface area contributed by atoms with Crippen LogP contribution in [0.3, 0.4) is 0 Å². The van der Waals surface area contributed by atoms with Crippen LogP contribution in [0.1, 0.15) is 16.2 Å². The highest BCUT2D eigenvalue weighted by Gasteiger charge is 2.16. The van der Waals surface area contributed by atoms with E-state index in [9.17, 15) is 19.7 Å². The van der Waals surface area contributed by atoms with E-state index in [1.807, 2.05) is 0 Å². The summed E-state index contributed by atoms with van der Waals surface area (Å²) >= 11 is 7.22. The third-order valence-corrected chi connectivity index (χ3v) is 5.62. The summed E-state index contributed by atoms with van der Waals surface area (Å²) in [6.07, 6.45) is 1.66. The number of nitro benzene ring substituents is 1. The zero-order chi connectivity index (χ0) is 23.8. The Morgan fingerprint density at radius 3 is 2.58 bits per heavy atom. The number of nitro groups is 1. The first-order chi connectivity index (χ1) is 15.9. The van der Waals surface area contributed by atoms with Crippen molar-refractivity contribution >= 4 is 46.6 Å². The minimum atomic E-state index is -0.512. The van der Waals surface area contributed by atoms with Crippen molar-refractivity contribution in [3.63, 3.8) is 0 Å². The number of hydrogen-bond acceptors (Lipinski definition) is 7. The van der Waals surface area contributed by atoms with Crippen LogP contribution in [0.15, 0.2) is 66.3 Å². The fourth-order valence-corrected chi connectivity index (χ4v) is 3.75. The topological polar surface area (TPSA) is 132 Å². The summed E-state index contributed by atoms with van der Waals surface area (Å²) in [6.45, 7) is 4.22. The highest BCUT2D eigenvalue weighted by molar-refractivity contribution is 7.99. The summed E-state index contributed by atoms with van der Waals surface area (Å²) in [5, 5.41) is 25.2. The van der Waals surface area contributed by atoms with Gasteiger partial charge in [-0.25, -0.2) is 0 Å². The summed E-state index contributed by atoms with van der Waals surface area (Å²) in [6, 6.07) is 12.3. The first-order valence-electron chi connectivity index (χ1n) is 9.62. The Morgan fingerprint density at radius 1 is 1.18 bits per heavy atom. The molecule has 0 saturated carbocycles. The monoisotopic (exact) mass is 486 g/mol. The first-order valence-corrected chi connectivity index (χ1v) is 11.0. The van der Waals surface area contributed by atoms with Gasteiger partial charge in [0, 0.05) is 24.4 Å². The lowest BCUT2D eigenvalue weighted by atomic mass is 10.2. The van der Waals surface area contributed by atoms with Crippen molar-refractivity contribution in [2.45, 2.75) is 18.2 Å². The zero-order valence-electron chi connectivity index (χ0n) is 17.2. The van der Waals surface area contributed by atoms with Gasteiger partial charge in [0.05, 0.1) is 27.8 Å². The number of benzene rings is 2. The smallest absolute Gasteiger partial charge is 0.269 e. The normalized spacial score (nSPS) is 10.5.